The summed E-state index contributed by atoms with van der Waals surface area (Å²) in [6, 6.07) is 0. The molecule has 0 spiro atoms. The van der Waals surface area contributed by atoms with Gasteiger partial charge in [0.1, 0.15) is 0 Å². The zero-order valence-electron chi connectivity index (χ0n) is 9.87. The van der Waals surface area contributed by atoms with Gasteiger partial charge < -0.3 is 20.5 Å². The monoisotopic (exact) mass is 216 g/mol. The SMILES string of the molecule is CC(C)C(CN)CNCC1COCCO1. The third-order valence-electron chi connectivity index (χ3n) is 2.91. The lowest BCUT2D eigenvalue weighted by molar-refractivity contribution is -0.0865. The Balaban J connectivity index is 2.08. The van der Waals surface area contributed by atoms with Crippen LogP contribution >= 0.6 is 0 Å². The molecule has 0 aromatic carbocycles. The average Bonchev–Trinajstić information content (AvgIpc) is 2.25. The molecular formula is C11H24N2O2. The van der Waals surface area contributed by atoms with Crippen LogP contribution in [0.3, 0.4) is 0 Å². The molecule has 0 saturated carbocycles. The summed E-state index contributed by atoms with van der Waals surface area (Å²) in [4.78, 5) is 0. The second-order valence-corrected chi connectivity index (χ2v) is 4.47. The van der Waals surface area contributed by atoms with Gasteiger partial charge in [0.25, 0.3) is 0 Å². The van der Waals surface area contributed by atoms with E-state index in [1.807, 2.05) is 0 Å². The highest BCUT2D eigenvalue weighted by molar-refractivity contribution is 4.70. The second-order valence-electron chi connectivity index (χ2n) is 4.47. The number of ether oxygens (including phenoxy) is 2. The molecular weight excluding hydrogens is 192 g/mol. The highest BCUT2D eigenvalue weighted by Gasteiger charge is 2.15. The van der Waals surface area contributed by atoms with Crippen molar-refractivity contribution in [3.8, 4) is 0 Å². The van der Waals surface area contributed by atoms with Crippen molar-refractivity contribution < 1.29 is 9.47 Å². The van der Waals surface area contributed by atoms with E-state index in [1.165, 1.54) is 0 Å². The fourth-order valence-electron chi connectivity index (χ4n) is 1.68. The Morgan fingerprint density at radius 1 is 1.40 bits per heavy atom. The average molecular weight is 216 g/mol. The molecule has 3 N–H and O–H groups in total. The van der Waals surface area contributed by atoms with E-state index in [2.05, 4.69) is 19.2 Å². The van der Waals surface area contributed by atoms with E-state index in [0.717, 1.165) is 32.8 Å². The van der Waals surface area contributed by atoms with Crippen LogP contribution < -0.4 is 11.1 Å². The molecule has 1 aliphatic heterocycles. The van der Waals surface area contributed by atoms with Gasteiger partial charge in [-0.1, -0.05) is 13.8 Å². The minimum absolute atomic E-state index is 0.212. The summed E-state index contributed by atoms with van der Waals surface area (Å²) in [6.07, 6.45) is 0.212. The highest BCUT2D eigenvalue weighted by Crippen LogP contribution is 2.07. The van der Waals surface area contributed by atoms with E-state index in [0.29, 0.717) is 18.4 Å². The second kappa shape index (κ2) is 7.17. The minimum Gasteiger partial charge on any atom is -0.376 e. The number of hydrogen-bond acceptors (Lipinski definition) is 4. The maximum absolute atomic E-state index is 5.70. The van der Waals surface area contributed by atoms with Crippen molar-refractivity contribution in [1.82, 2.24) is 5.32 Å². The summed E-state index contributed by atoms with van der Waals surface area (Å²) >= 11 is 0. The smallest absolute Gasteiger partial charge is 0.0933 e. The molecule has 90 valence electrons. The molecule has 0 aliphatic carbocycles. The molecule has 15 heavy (non-hydrogen) atoms. The summed E-state index contributed by atoms with van der Waals surface area (Å²) < 4.78 is 10.9. The van der Waals surface area contributed by atoms with Gasteiger partial charge in [-0.3, -0.25) is 0 Å². The molecule has 0 aromatic heterocycles. The summed E-state index contributed by atoms with van der Waals surface area (Å²) in [6.45, 7) is 9.15. The fraction of sp³-hybridized carbons (Fsp3) is 1.00. The van der Waals surface area contributed by atoms with Crippen molar-refractivity contribution in [3.05, 3.63) is 0 Å². The highest BCUT2D eigenvalue weighted by atomic mass is 16.6. The molecule has 1 heterocycles. The van der Waals surface area contributed by atoms with Crippen molar-refractivity contribution in [1.29, 1.82) is 0 Å². The Morgan fingerprint density at radius 3 is 2.73 bits per heavy atom. The third kappa shape index (κ3) is 4.93. The Kier molecular flexibility index (Phi) is 6.17. The van der Waals surface area contributed by atoms with E-state index in [9.17, 15) is 0 Å². The van der Waals surface area contributed by atoms with Gasteiger partial charge in [-0.05, 0) is 24.9 Å². The molecule has 4 nitrogen and oxygen atoms in total. The lowest BCUT2D eigenvalue weighted by Crippen LogP contribution is -2.40. The van der Waals surface area contributed by atoms with E-state index in [4.69, 9.17) is 15.2 Å². The van der Waals surface area contributed by atoms with Crippen LogP contribution in [0.15, 0.2) is 0 Å². The van der Waals surface area contributed by atoms with Gasteiger partial charge in [-0.25, -0.2) is 0 Å². The Labute approximate surface area is 92.5 Å². The molecule has 1 saturated heterocycles. The normalized spacial score (nSPS) is 24.4. The Hall–Kier alpha value is -0.160. The third-order valence-corrected chi connectivity index (χ3v) is 2.91. The van der Waals surface area contributed by atoms with Crippen LogP contribution in [0, 0.1) is 11.8 Å². The van der Waals surface area contributed by atoms with E-state index in [1.54, 1.807) is 0 Å². The molecule has 0 bridgehead atoms. The van der Waals surface area contributed by atoms with Crippen LogP contribution in [0.25, 0.3) is 0 Å². The van der Waals surface area contributed by atoms with Gasteiger partial charge in [-0.15, -0.1) is 0 Å². The first-order valence-electron chi connectivity index (χ1n) is 5.84. The first-order valence-corrected chi connectivity index (χ1v) is 5.84. The number of hydrogen-bond donors (Lipinski definition) is 2. The van der Waals surface area contributed by atoms with Crippen molar-refractivity contribution in [2.45, 2.75) is 20.0 Å². The Morgan fingerprint density at radius 2 is 2.20 bits per heavy atom. The van der Waals surface area contributed by atoms with Crippen LogP contribution in [0.1, 0.15) is 13.8 Å². The topological polar surface area (TPSA) is 56.5 Å². The van der Waals surface area contributed by atoms with Crippen molar-refractivity contribution in [2.75, 3.05) is 39.5 Å². The van der Waals surface area contributed by atoms with Crippen molar-refractivity contribution >= 4 is 0 Å². The zero-order valence-corrected chi connectivity index (χ0v) is 9.87. The van der Waals surface area contributed by atoms with Crippen LogP contribution in [0.2, 0.25) is 0 Å². The van der Waals surface area contributed by atoms with Gasteiger partial charge >= 0.3 is 0 Å². The van der Waals surface area contributed by atoms with Gasteiger partial charge in [-0.2, -0.15) is 0 Å². The number of nitrogens with two attached hydrogens (primary N) is 1. The molecule has 2 unspecified atom stereocenters. The van der Waals surface area contributed by atoms with E-state index >= 15 is 0 Å². The molecule has 0 aromatic rings. The van der Waals surface area contributed by atoms with Gasteiger partial charge in [0, 0.05) is 6.54 Å². The first-order chi connectivity index (χ1) is 7.24. The molecule has 1 fully saturated rings. The van der Waals surface area contributed by atoms with Crippen LogP contribution in [-0.4, -0.2) is 45.6 Å². The summed E-state index contributed by atoms with van der Waals surface area (Å²) in [7, 11) is 0. The predicted octanol–water partition coefficient (Wildman–Crippen LogP) is 0.222. The van der Waals surface area contributed by atoms with Crippen molar-refractivity contribution in [2.24, 2.45) is 17.6 Å². The minimum atomic E-state index is 0.212. The standard InChI is InChI=1S/C11H24N2O2/c1-9(2)10(5-12)6-13-7-11-8-14-3-4-15-11/h9-11,13H,3-8,12H2,1-2H3. The number of rotatable bonds is 6. The summed E-state index contributed by atoms with van der Waals surface area (Å²) in [5, 5.41) is 3.40. The lowest BCUT2D eigenvalue weighted by atomic mass is 9.96. The lowest BCUT2D eigenvalue weighted by Gasteiger charge is -2.25. The molecule has 1 rings (SSSR count). The van der Waals surface area contributed by atoms with Gasteiger partial charge in [0.05, 0.1) is 25.9 Å². The van der Waals surface area contributed by atoms with Crippen LogP contribution in [0.5, 0.6) is 0 Å². The predicted molar refractivity (Wildman–Crippen MR) is 60.8 cm³/mol. The zero-order chi connectivity index (χ0) is 11.1. The van der Waals surface area contributed by atoms with E-state index < -0.39 is 0 Å². The quantitative estimate of drug-likeness (QED) is 0.667. The molecule has 2 atom stereocenters. The van der Waals surface area contributed by atoms with Crippen LogP contribution in [0.4, 0.5) is 0 Å². The summed E-state index contributed by atoms with van der Waals surface area (Å²) in [5.41, 5.74) is 5.70. The van der Waals surface area contributed by atoms with Crippen LogP contribution in [-0.2, 0) is 9.47 Å². The summed E-state index contributed by atoms with van der Waals surface area (Å²) in [5.74, 6) is 1.18. The Bertz CT molecular complexity index is 159. The number of nitrogens with one attached hydrogen (secondary N) is 1. The first kappa shape index (κ1) is 12.9. The maximum atomic E-state index is 5.70. The van der Waals surface area contributed by atoms with Gasteiger partial charge in [0.15, 0.2) is 0 Å². The maximum Gasteiger partial charge on any atom is 0.0933 e. The molecule has 0 amide bonds. The molecule has 0 radical (unpaired) electrons. The van der Waals surface area contributed by atoms with E-state index in [-0.39, 0.29) is 6.10 Å². The van der Waals surface area contributed by atoms with Gasteiger partial charge in [0.2, 0.25) is 0 Å². The molecule has 1 aliphatic rings. The fourth-order valence-corrected chi connectivity index (χ4v) is 1.68. The van der Waals surface area contributed by atoms with Crippen molar-refractivity contribution in [3.63, 3.8) is 0 Å². The molecule has 4 heteroatoms. The largest absolute Gasteiger partial charge is 0.376 e.